The molecule has 0 aliphatic heterocycles. The molecular formula is C23H22IO5S-. The average molecular weight is 537 g/mol. The first-order chi connectivity index (χ1) is 14.3. The molecule has 0 spiro atoms. The van der Waals surface area contributed by atoms with Gasteiger partial charge in [0.25, 0.3) is 0 Å². The third-order valence-electron chi connectivity index (χ3n) is 7.13. The number of hydrogen-bond acceptors (Lipinski definition) is 5. The molecule has 4 fully saturated rings. The van der Waals surface area contributed by atoms with E-state index in [2.05, 4.69) is 22.6 Å². The molecule has 158 valence electrons. The van der Waals surface area contributed by atoms with E-state index >= 15 is 0 Å². The summed E-state index contributed by atoms with van der Waals surface area (Å²) in [4.78, 5) is 12.4. The fourth-order valence-corrected chi connectivity index (χ4v) is 7.34. The zero-order valence-corrected chi connectivity index (χ0v) is 19.3. The third-order valence-corrected chi connectivity index (χ3v) is 8.76. The van der Waals surface area contributed by atoms with Crippen LogP contribution in [0, 0.1) is 27.2 Å². The van der Waals surface area contributed by atoms with Crippen molar-refractivity contribution >= 4 is 38.7 Å². The molecule has 0 saturated heterocycles. The van der Waals surface area contributed by atoms with Crippen molar-refractivity contribution in [2.75, 3.05) is 0 Å². The first kappa shape index (κ1) is 20.5. The van der Waals surface area contributed by atoms with Gasteiger partial charge in [0.05, 0.1) is 10.5 Å². The summed E-state index contributed by atoms with van der Waals surface area (Å²) in [5, 5.41) is 0. The van der Waals surface area contributed by atoms with Crippen molar-refractivity contribution < 1.29 is 22.5 Å². The lowest BCUT2D eigenvalue weighted by Crippen LogP contribution is -2.44. The molecule has 0 radical (unpaired) electrons. The molecule has 4 bridgehead atoms. The fourth-order valence-electron chi connectivity index (χ4n) is 6.26. The van der Waals surface area contributed by atoms with Crippen LogP contribution < -0.4 is 4.74 Å². The van der Waals surface area contributed by atoms with Gasteiger partial charge in [-0.05, 0) is 132 Å². The van der Waals surface area contributed by atoms with Gasteiger partial charge in [-0.1, -0.05) is 0 Å². The lowest BCUT2D eigenvalue weighted by Gasteiger charge is -2.55. The molecule has 0 atom stereocenters. The molecule has 2 aromatic rings. The van der Waals surface area contributed by atoms with Gasteiger partial charge >= 0.3 is 5.97 Å². The molecule has 30 heavy (non-hydrogen) atoms. The maximum Gasteiger partial charge on any atom is 0.343 e. The zero-order chi connectivity index (χ0) is 21.0. The van der Waals surface area contributed by atoms with Crippen LogP contribution >= 0.6 is 22.6 Å². The van der Waals surface area contributed by atoms with Gasteiger partial charge in [0.1, 0.15) is 15.9 Å². The van der Waals surface area contributed by atoms with Crippen molar-refractivity contribution in [2.45, 2.75) is 42.9 Å². The topological polar surface area (TPSA) is 83.5 Å². The maximum atomic E-state index is 12.5. The molecule has 0 N–H and O–H groups in total. The van der Waals surface area contributed by atoms with Crippen molar-refractivity contribution in [1.29, 1.82) is 0 Å². The van der Waals surface area contributed by atoms with Crippen LogP contribution in [0.2, 0.25) is 0 Å². The molecule has 5 nitrogen and oxygen atoms in total. The van der Waals surface area contributed by atoms with Gasteiger partial charge in [0.2, 0.25) is 0 Å². The minimum Gasteiger partial charge on any atom is -0.744 e. The monoisotopic (exact) mass is 537 g/mol. The summed E-state index contributed by atoms with van der Waals surface area (Å²) in [6.45, 7) is 0. The Labute approximate surface area is 190 Å². The van der Waals surface area contributed by atoms with Gasteiger partial charge in [0.15, 0.2) is 0 Å². The Bertz CT molecular complexity index is 1070. The number of rotatable bonds is 4. The van der Waals surface area contributed by atoms with Crippen LogP contribution in [0.3, 0.4) is 0 Å². The maximum absolute atomic E-state index is 12.5. The molecule has 0 amide bonds. The van der Waals surface area contributed by atoms with E-state index in [4.69, 9.17) is 4.74 Å². The molecule has 4 saturated carbocycles. The predicted molar refractivity (Wildman–Crippen MR) is 118 cm³/mol. The molecule has 0 aromatic heterocycles. The number of ether oxygens (including phenoxy) is 1. The van der Waals surface area contributed by atoms with E-state index < -0.39 is 16.1 Å². The van der Waals surface area contributed by atoms with Gasteiger partial charge in [-0.25, -0.2) is 13.2 Å². The second-order valence-electron chi connectivity index (χ2n) is 9.01. The number of halogens is 1. The minimum absolute atomic E-state index is 0.0495. The van der Waals surface area contributed by atoms with Crippen molar-refractivity contribution in [3.05, 3.63) is 57.2 Å². The quantitative estimate of drug-likeness (QED) is 0.239. The van der Waals surface area contributed by atoms with Gasteiger partial charge in [-0.3, -0.25) is 0 Å². The summed E-state index contributed by atoms with van der Waals surface area (Å²) in [5.41, 5.74) is 0.971. The fraction of sp³-hybridized carbons (Fsp3) is 0.435. The van der Waals surface area contributed by atoms with E-state index in [1.807, 2.05) is 12.1 Å². The Morgan fingerprint density at radius 2 is 1.53 bits per heavy atom. The Morgan fingerprint density at radius 1 is 0.933 bits per heavy atom. The summed E-state index contributed by atoms with van der Waals surface area (Å²) in [6.07, 6.45) is 5.69. The Morgan fingerprint density at radius 3 is 2.10 bits per heavy atom. The molecule has 6 rings (SSSR count). The van der Waals surface area contributed by atoms with Crippen molar-refractivity contribution in [3.8, 4) is 5.75 Å². The molecule has 2 aromatic carbocycles. The SMILES string of the molecule is O=C(Oc1ccc(S(=O)(=O)[O-])c(C2C3CC4CC(C3)CC2C4)c1)c1ccc(I)cc1. The number of hydrogen-bond donors (Lipinski definition) is 0. The molecular weight excluding hydrogens is 515 g/mol. The second kappa shape index (κ2) is 7.60. The number of carbonyl (C=O) groups is 1. The molecule has 4 aliphatic rings. The first-order valence-electron chi connectivity index (χ1n) is 10.4. The first-order valence-corrected chi connectivity index (χ1v) is 12.8. The largest absolute Gasteiger partial charge is 0.744 e. The molecule has 0 unspecified atom stereocenters. The van der Waals surface area contributed by atoms with E-state index in [9.17, 15) is 17.8 Å². The van der Waals surface area contributed by atoms with Crippen LogP contribution in [-0.4, -0.2) is 18.9 Å². The van der Waals surface area contributed by atoms with E-state index in [-0.39, 0.29) is 16.6 Å². The number of esters is 1. The van der Waals surface area contributed by atoms with Crippen molar-refractivity contribution in [3.63, 3.8) is 0 Å². The summed E-state index contributed by atoms with van der Waals surface area (Å²) in [5.74, 6) is 2.12. The van der Waals surface area contributed by atoms with Crippen LogP contribution in [-0.2, 0) is 10.1 Å². The van der Waals surface area contributed by atoms with Crippen LogP contribution in [0.4, 0.5) is 0 Å². The van der Waals surface area contributed by atoms with E-state index in [0.717, 1.165) is 41.1 Å². The highest BCUT2D eigenvalue weighted by Crippen LogP contribution is 2.60. The Balaban J connectivity index is 1.49. The van der Waals surface area contributed by atoms with Crippen LogP contribution in [0.25, 0.3) is 0 Å². The highest BCUT2D eigenvalue weighted by molar-refractivity contribution is 14.1. The molecule has 0 heterocycles. The predicted octanol–water partition coefficient (Wildman–Crippen LogP) is 4.95. The van der Waals surface area contributed by atoms with Crippen molar-refractivity contribution in [2.24, 2.45) is 23.7 Å². The average Bonchev–Trinajstić information content (AvgIpc) is 2.67. The highest BCUT2D eigenvalue weighted by atomic mass is 127. The standard InChI is InChI=1S/C23H23IO5S/c24-18-3-1-15(2-4-18)23(25)29-19-5-6-21(30(26,27)28)20(12-19)22-16-8-13-7-14(10-16)11-17(22)9-13/h1-6,12-14,16-17,22H,7-11H2,(H,26,27,28)/p-1. The lowest BCUT2D eigenvalue weighted by molar-refractivity contribution is -0.00374. The Kier molecular flexibility index (Phi) is 5.18. The van der Waals surface area contributed by atoms with Gasteiger partial charge in [-0.15, -0.1) is 0 Å². The zero-order valence-electron chi connectivity index (χ0n) is 16.3. The molecule has 4 aliphatic carbocycles. The number of benzene rings is 2. The summed E-state index contributed by atoms with van der Waals surface area (Å²) < 4.78 is 42.6. The van der Waals surface area contributed by atoms with Gasteiger partial charge in [0, 0.05) is 3.57 Å². The van der Waals surface area contributed by atoms with Crippen molar-refractivity contribution in [1.82, 2.24) is 0 Å². The summed E-state index contributed by atoms with van der Waals surface area (Å²) in [7, 11) is -4.61. The van der Waals surface area contributed by atoms with Gasteiger partial charge < -0.3 is 9.29 Å². The smallest absolute Gasteiger partial charge is 0.343 e. The van der Waals surface area contributed by atoms with E-state index in [1.54, 1.807) is 18.2 Å². The summed E-state index contributed by atoms with van der Waals surface area (Å²) in [6, 6.07) is 11.4. The van der Waals surface area contributed by atoms with Gasteiger partial charge in [-0.2, -0.15) is 0 Å². The third kappa shape index (κ3) is 3.80. The highest BCUT2D eigenvalue weighted by Gasteiger charge is 2.49. The second-order valence-corrected chi connectivity index (χ2v) is 11.6. The van der Waals surface area contributed by atoms with Crippen LogP contribution in [0.1, 0.15) is 53.9 Å². The Hall–Kier alpha value is -1.45. The van der Waals surface area contributed by atoms with Crippen LogP contribution in [0.5, 0.6) is 5.75 Å². The summed E-state index contributed by atoms with van der Waals surface area (Å²) >= 11 is 2.16. The van der Waals surface area contributed by atoms with Crippen LogP contribution in [0.15, 0.2) is 47.4 Å². The van der Waals surface area contributed by atoms with E-state index in [1.165, 1.54) is 18.6 Å². The normalized spacial score (nSPS) is 29.7. The lowest BCUT2D eigenvalue weighted by atomic mass is 9.51. The minimum atomic E-state index is -4.61. The molecule has 7 heteroatoms. The number of carbonyl (C=O) groups excluding carboxylic acids is 1. The van der Waals surface area contributed by atoms with E-state index in [0.29, 0.717) is 23.0 Å².